The lowest BCUT2D eigenvalue weighted by molar-refractivity contribution is 0.0945. The summed E-state index contributed by atoms with van der Waals surface area (Å²) in [4.78, 5) is 19.0. The Hall–Kier alpha value is -3.16. The monoisotopic (exact) mass is 401 g/mol. The van der Waals surface area contributed by atoms with Crippen molar-refractivity contribution in [3.8, 4) is 11.5 Å². The van der Waals surface area contributed by atoms with Crippen molar-refractivity contribution in [1.82, 2.24) is 15.3 Å². The van der Waals surface area contributed by atoms with E-state index in [4.69, 9.17) is 9.47 Å². The molecule has 0 bridgehead atoms. The maximum Gasteiger partial charge on any atom is 0.295 e. The summed E-state index contributed by atoms with van der Waals surface area (Å²) in [6.45, 7) is 5.47. The van der Waals surface area contributed by atoms with Crippen LogP contribution in [0.4, 0.5) is 8.78 Å². The van der Waals surface area contributed by atoms with Crippen LogP contribution in [0.25, 0.3) is 11.0 Å². The Kier molecular flexibility index (Phi) is 4.86. The molecule has 0 fully saturated rings. The molecule has 1 aliphatic rings. The predicted molar refractivity (Wildman–Crippen MR) is 104 cm³/mol. The van der Waals surface area contributed by atoms with Crippen LogP contribution in [0.5, 0.6) is 11.5 Å². The van der Waals surface area contributed by atoms with Crippen molar-refractivity contribution in [3.05, 3.63) is 53.3 Å². The van der Waals surface area contributed by atoms with Gasteiger partial charge in [-0.3, -0.25) is 4.79 Å². The van der Waals surface area contributed by atoms with Gasteiger partial charge in [-0.25, -0.2) is 13.8 Å². The molecule has 1 aromatic heterocycles. The van der Waals surface area contributed by atoms with Gasteiger partial charge in [0.05, 0.1) is 11.0 Å². The fourth-order valence-corrected chi connectivity index (χ4v) is 3.24. The van der Waals surface area contributed by atoms with Crippen molar-refractivity contribution in [1.29, 1.82) is 0 Å². The molecule has 1 amide bonds. The largest absolute Gasteiger partial charge is 0.486 e. The van der Waals surface area contributed by atoms with Crippen LogP contribution in [-0.4, -0.2) is 35.6 Å². The van der Waals surface area contributed by atoms with E-state index in [0.717, 1.165) is 11.3 Å². The van der Waals surface area contributed by atoms with Crippen LogP contribution in [0.1, 0.15) is 42.0 Å². The number of H-pyrrole nitrogens is 1. The molecule has 8 heteroatoms. The number of benzene rings is 2. The van der Waals surface area contributed by atoms with Crippen LogP contribution >= 0.6 is 0 Å². The Morgan fingerprint density at radius 1 is 1.17 bits per heavy atom. The highest BCUT2D eigenvalue weighted by Crippen LogP contribution is 2.35. The number of aromatic amines is 1. The smallest absolute Gasteiger partial charge is 0.295 e. The fourth-order valence-electron chi connectivity index (χ4n) is 3.24. The molecule has 0 saturated heterocycles. The van der Waals surface area contributed by atoms with E-state index in [1.807, 2.05) is 32.0 Å². The third kappa shape index (κ3) is 3.87. The molecule has 29 heavy (non-hydrogen) atoms. The SMILES string of the molecule is CC(C)(CNC(=O)c1ccc2nc(C(F)F)[nH]c2c1)c1ccc2c(c1)OCCO2. The zero-order valence-corrected chi connectivity index (χ0v) is 16.1. The second-order valence-corrected chi connectivity index (χ2v) is 7.58. The Labute approximate surface area is 166 Å². The Morgan fingerprint density at radius 3 is 2.69 bits per heavy atom. The number of nitrogens with zero attached hydrogens (tertiary/aromatic N) is 1. The first kappa shape index (κ1) is 19.2. The molecule has 0 unspecified atom stereocenters. The van der Waals surface area contributed by atoms with Crippen molar-refractivity contribution < 1.29 is 23.0 Å². The molecule has 2 N–H and O–H groups in total. The summed E-state index contributed by atoms with van der Waals surface area (Å²) in [7, 11) is 0. The van der Waals surface area contributed by atoms with Gasteiger partial charge < -0.3 is 19.8 Å². The van der Waals surface area contributed by atoms with Gasteiger partial charge in [0.1, 0.15) is 13.2 Å². The second-order valence-electron chi connectivity index (χ2n) is 7.58. The minimum absolute atomic E-state index is 0.286. The summed E-state index contributed by atoms with van der Waals surface area (Å²) in [5.74, 6) is 0.728. The van der Waals surface area contributed by atoms with Gasteiger partial charge in [0.25, 0.3) is 12.3 Å². The molecule has 6 nitrogen and oxygen atoms in total. The number of carbonyl (C=O) groups excluding carboxylic acids is 1. The van der Waals surface area contributed by atoms with Crippen LogP contribution in [0.2, 0.25) is 0 Å². The van der Waals surface area contributed by atoms with E-state index in [1.54, 1.807) is 12.1 Å². The molecule has 0 atom stereocenters. The van der Waals surface area contributed by atoms with E-state index in [-0.39, 0.29) is 11.3 Å². The van der Waals surface area contributed by atoms with Gasteiger partial charge in [-0.1, -0.05) is 19.9 Å². The van der Waals surface area contributed by atoms with Crippen LogP contribution in [0.15, 0.2) is 36.4 Å². The number of hydrogen-bond donors (Lipinski definition) is 2. The normalized spacial score (nSPS) is 13.7. The number of hydrogen-bond acceptors (Lipinski definition) is 4. The van der Waals surface area contributed by atoms with Crippen molar-refractivity contribution in [2.75, 3.05) is 19.8 Å². The van der Waals surface area contributed by atoms with Gasteiger partial charge in [-0.2, -0.15) is 0 Å². The zero-order chi connectivity index (χ0) is 20.6. The number of aromatic nitrogens is 2. The van der Waals surface area contributed by atoms with Gasteiger partial charge in [0.15, 0.2) is 17.3 Å². The molecule has 2 aromatic carbocycles. The highest BCUT2D eigenvalue weighted by atomic mass is 19.3. The summed E-state index contributed by atoms with van der Waals surface area (Å²) in [5, 5.41) is 2.92. The number of carbonyl (C=O) groups is 1. The predicted octanol–water partition coefficient (Wildman–Crippen LogP) is 3.98. The molecule has 0 radical (unpaired) electrons. The molecule has 3 aromatic rings. The van der Waals surface area contributed by atoms with Gasteiger partial charge in [0, 0.05) is 17.5 Å². The lowest BCUT2D eigenvalue weighted by atomic mass is 9.84. The van der Waals surface area contributed by atoms with Crippen LogP contribution < -0.4 is 14.8 Å². The molecular weight excluding hydrogens is 380 g/mol. The number of amides is 1. The van der Waals surface area contributed by atoms with Gasteiger partial charge >= 0.3 is 0 Å². The third-order valence-corrected chi connectivity index (χ3v) is 4.98. The molecule has 2 heterocycles. The summed E-state index contributed by atoms with van der Waals surface area (Å²) < 4.78 is 36.8. The topological polar surface area (TPSA) is 76.2 Å². The van der Waals surface area contributed by atoms with Crippen molar-refractivity contribution in [2.24, 2.45) is 0 Å². The Bertz CT molecular complexity index is 1060. The molecule has 0 aliphatic carbocycles. The van der Waals surface area contributed by atoms with Gasteiger partial charge in [0.2, 0.25) is 0 Å². The van der Waals surface area contributed by atoms with Crippen molar-refractivity contribution in [3.63, 3.8) is 0 Å². The van der Waals surface area contributed by atoms with E-state index in [2.05, 4.69) is 15.3 Å². The number of halogens is 2. The minimum atomic E-state index is -2.69. The van der Waals surface area contributed by atoms with E-state index >= 15 is 0 Å². The lowest BCUT2D eigenvalue weighted by Gasteiger charge is -2.27. The van der Waals surface area contributed by atoms with E-state index in [9.17, 15) is 13.6 Å². The van der Waals surface area contributed by atoms with Gasteiger partial charge in [-0.05, 0) is 35.9 Å². The summed E-state index contributed by atoms with van der Waals surface area (Å²) >= 11 is 0. The Morgan fingerprint density at radius 2 is 1.93 bits per heavy atom. The second kappa shape index (κ2) is 7.35. The lowest BCUT2D eigenvalue weighted by Crippen LogP contribution is -2.36. The highest BCUT2D eigenvalue weighted by molar-refractivity contribution is 5.97. The molecular formula is C21H21F2N3O3. The van der Waals surface area contributed by atoms with E-state index in [0.29, 0.717) is 42.1 Å². The summed E-state index contributed by atoms with van der Waals surface area (Å²) in [6.07, 6.45) is -2.69. The summed E-state index contributed by atoms with van der Waals surface area (Å²) in [6, 6.07) is 10.4. The number of imidazole rings is 1. The van der Waals surface area contributed by atoms with E-state index < -0.39 is 12.2 Å². The maximum atomic E-state index is 12.8. The average molecular weight is 401 g/mol. The Balaban J connectivity index is 1.47. The zero-order valence-electron chi connectivity index (χ0n) is 16.1. The van der Waals surface area contributed by atoms with E-state index in [1.165, 1.54) is 6.07 Å². The van der Waals surface area contributed by atoms with Crippen LogP contribution in [0.3, 0.4) is 0 Å². The van der Waals surface area contributed by atoms with Gasteiger partial charge in [-0.15, -0.1) is 0 Å². The average Bonchev–Trinajstić information content (AvgIpc) is 3.15. The number of rotatable bonds is 5. The van der Waals surface area contributed by atoms with Crippen molar-refractivity contribution >= 4 is 16.9 Å². The quantitative estimate of drug-likeness (QED) is 0.678. The number of nitrogens with one attached hydrogen (secondary N) is 2. The molecule has 1 aliphatic heterocycles. The third-order valence-electron chi connectivity index (χ3n) is 4.98. The molecule has 0 spiro atoms. The summed E-state index contributed by atoms with van der Waals surface area (Å²) in [5.41, 5.74) is 1.83. The van der Waals surface area contributed by atoms with Crippen molar-refractivity contribution in [2.45, 2.75) is 25.7 Å². The van der Waals surface area contributed by atoms with Crippen LogP contribution in [0, 0.1) is 0 Å². The first-order chi connectivity index (χ1) is 13.8. The first-order valence-corrected chi connectivity index (χ1v) is 9.30. The molecule has 152 valence electrons. The molecule has 0 saturated carbocycles. The van der Waals surface area contributed by atoms with Crippen LogP contribution in [-0.2, 0) is 5.41 Å². The minimum Gasteiger partial charge on any atom is -0.486 e. The first-order valence-electron chi connectivity index (χ1n) is 9.30. The standard InChI is InChI=1S/C21H21F2N3O3/c1-21(2,13-4-6-16-17(10-13)29-8-7-28-16)11-24-20(27)12-3-5-14-15(9-12)26-19(25-14)18(22)23/h3-6,9-10,18H,7-8,11H2,1-2H3,(H,24,27)(H,25,26). The maximum absolute atomic E-state index is 12.8. The molecule has 4 rings (SSSR count). The number of ether oxygens (including phenoxy) is 2. The fraction of sp³-hybridized carbons (Fsp3) is 0.333. The number of fused-ring (bicyclic) bond motifs is 2. The number of alkyl halides is 2. The highest BCUT2D eigenvalue weighted by Gasteiger charge is 2.24.